The number of aryl methyl sites for hydroxylation is 2. The van der Waals surface area contributed by atoms with Crippen LogP contribution in [0, 0.1) is 20.8 Å². The molecule has 0 aliphatic rings. The molecule has 120 valence electrons. The van der Waals surface area contributed by atoms with Crippen molar-refractivity contribution in [1.82, 2.24) is 0 Å². The maximum Gasteiger partial charge on any atom is 0.336 e. The Kier molecular flexibility index (Phi) is 5.01. The van der Waals surface area contributed by atoms with Gasteiger partial charge in [-0.2, -0.15) is 0 Å². The minimum absolute atomic E-state index is 0.140. The van der Waals surface area contributed by atoms with Gasteiger partial charge in [0.1, 0.15) is 5.75 Å². The summed E-state index contributed by atoms with van der Waals surface area (Å²) in [7, 11) is 0. The second kappa shape index (κ2) is 6.96. The number of hydrogen-bond donors (Lipinski definition) is 2. The third kappa shape index (κ3) is 4.10. The molecule has 0 radical (unpaired) electrons. The lowest BCUT2D eigenvalue weighted by Gasteiger charge is -2.11. The SMILES string of the molecule is Cc1ccc(OCC(=O)Nc2cccc(C(=O)O)c2C)cc1C. The van der Waals surface area contributed by atoms with Crippen LogP contribution in [0.5, 0.6) is 5.75 Å². The number of nitrogens with one attached hydrogen (secondary N) is 1. The fourth-order valence-electron chi connectivity index (χ4n) is 2.14. The lowest BCUT2D eigenvalue weighted by Crippen LogP contribution is -2.21. The number of benzene rings is 2. The van der Waals surface area contributed by atoms with E-state index in [0.29, 0.717) is 17.0 Å². The van der Waals surface area contributed by atoms with Gasteiger partial charge < -0.3 is 15.2 Å². The van der Waals surface area contributed by atoms with Gasteiger partial charge in [0, 0.05) is 5.69 Å². The van der Waals surface area contributed by atoms with Crippen molar-refractivity contribution in [2.75, 3.05) is 11.9 Å². The van der Waals surface area contributed by atoms with Gasteiger partial charge in [-0.3, -0.25) is 4.79 Å². The van der Waals surface area contributed by atoms with Crippen LogP contribution in [0.1, 0.15) is 27.0 Å². The maximum absolute atomic E-state index is 12.0. The van der Waals surface area contributed by atoms with E-state index in [1.165, 1.54) is 6.07 Å². The summed E-state index contributed by atoms with van der Waals surface area (Å²) in [5.74, 6) is -0.738. The molecular formula is C18H19NO4. The monoisotopic (exact) mass is 313 g/mol. The summed E-state index contributed by atoms with van der Waals surface area (Å²) in [6.07, 6.45) is 0. The molecule has 0 bridgehead atoms. The molecule has 23 heavy (non-hydrogen) atoms. The van der Waals surface area contributed by atoms with Crippen LogP contribution in [0.4, 0.5) is 5.69 Å². The maximum atomic E-state index is 12.0. The second-order valence-electron chi connectivity index (χ2n) is 5.37. The minimum Gasteiger partial charge on any atom is -0.484 e. The molecular weight excluding hydrogens is 294 g/mol. The Labute approximate surface area is 134 Å². The van der Waals surface area contributed by atoms with Crippen molar-refractivity contribution < 1.29 is 19.4 Å². The topological polar surface area (TPSA) is 75.6 Å². The van der Waals surface area contributed by atoms with Crippen molar-refractivity contribution >= 4 is 17.6 Å². The normalized spacial score (nSPS) is 10.2. The number of rotatable bonds is 5. The van der Waals surface area contributed by atoms with Crippen LogP contribution in [-0.4, -0.2) is 23.6 Å². The molecule has 0 aliphatic carbocycles. The lowest BCUT2D eigenvalue weighted by atomic mass is 10.1. The Morgan fingerprint density at radius 2 is 1.83 bits per heavy atom. The van der Waals surface area contributed by atoms with Crippen LogP contribution in [0.3, 0.4) is 0 Å². The number of carboxylic acids is 1. The van der Waals surface area contributed by atoms with Gasteiger partial charge in [-0.25, -0.2) is 4.79 Å². The highest BCUT2D eigenvalue weighted by Crippen LogP contribution is 2.19. The predicted molar refractivity (Wildman–Crippen MR) is 88.2 cm³/mol. The van der Waals surface area contributed by atoms with E-state index < -0.39 is 5.97 Å². The Bertz CT molecular complexity index is 753. The highest BCUT2D eigenvalue weighted by molar-refractivity contribution is 5.96. The molecule has 2 N–H and O–H groups in total. The largest absolute Gasteiger partial charge is 0.484 e. The third-order valence-corrected chi connectivity index (χ3v) is 3.69. The van der Waals surface area contributed by atoms with E-state index in [1.54, 1.807) is 19.1 Å². The molecule has 0 spiro atoms. The van der Waals surface area contributed by atoms with Gasteiger partial charge >= 0.3 is 5.97 Å². The predicted octanol–water partition coefficient (Wildman–Crippen LogP) is 3.33. The summed E-state index contributed by atoms with van der Waals surface area (Å²) in [4.78, 5) is 23.1. The second-order valence-corrected chi connectivity index (χ2v) is 5.37. The minimum atomic E-state index is -1.02. The molecule has 5 nitrogen and oxygen atoms in total. The molecule has 2 aromatic carbocycles. The Balaban J connectivity index is 2.01. The summed E-state index contributed by atoms with van der Waals surface area (Å²) in [5, 5.41) is 11.8. The Hall–Kier alpha value is -2.82. The summed E-state index contributed by atoms with van der Waals surface area (Å²) < 4.78 is 5.47. The van der Waals surface area contributed by atoms with Gasteiger partial charge in [-0.05, 0) is 61.7 Å². The van der Waals surface area contributed by atoms with Crippen LogP contribution in [0.25, 0.3) is 0 Å². The van der Waals surface area contributed by atoms with Gasteiger partial charge in [0.05, 0.1) is 5.56 Å². The van der Waals surface area contributed by atoms with Crippen molar-refractivity contribution in [2.24, 2.45) is 0 Å². The number of carbonyl (C=O) groups is 2. The molecule has 0 atom stereocenters. The Morgan fingerprint density at radius 3 is 2.48 bits per heavy atom. The summed E-state index contributed by atoms with van der Waals surface area (Å²) in [6, 6.07) is 10.4. The number of aromatic carboxylic acids is 1. The van der Waals surface area contributed by atoms with Gasteiger partial charge in [0.25, 0.3) is 5.91 Å². The fraction of sp³-hybridized carbons (Fsp3) is 0.222. The molecule has 1 amide bonds. The van der Waals surface area contributed by atoms with Gasteiger partial charge in [-0.15, -0.1) is 0 Å². The number of carboxylic acid groups (broad SMARTS) is 1. The van der Waals surface area contributed by atoms with Crippen molar-refractivity contribution in [2.45, 2.75) is 20.8 Å². The zero-order valence-corrected chi connectivity index (χ0v) is 13.3. The first-order chi connectivity index (χ1) is 10.9. The van der Waals surface area contributed by atoms with E-state index in [-0.39, 0.29) is 18.1 Å². The average molecular weight is 313 g/mol. The van der Waals surface area contributed by atoms with Crippen molar-refractivity contribution in [3.63, 3.8) is 0 Å². The molecule has 0 heterocycles. The molecule has 0 fully saturated rings. The highest BCUT2D eigenvalue weighted by Gasteiger charge is 2.12. The summed E-state index contributed by atoms with van der Waals surface area (Å²) in [6.45, 7) is 5.50. The quantitative estimate of drug-likeness (QED) is 0.888. The van der Waals surface area contributed by atoms with Crippen LogP contribution < -0.4 is 10.1 Å². The van der Waals surface area contributed by atoms with Crippen molar-refractivity contribution in [3.05, 3.63) is 58.7 Å². The molecule has 0 saturated heterocycles. The average Bonchev–Trinajstić information content (AvgIpc) is 2.50. The van der Waals surface area contributed by atoms with E-state index in [2.05, 4.69) is 5.32 Å². The van der Waals surface area contributed by atoms with Crippen LogP contribution in [0.15, 0.2) is 36.4 Å². The summed E-state index contributed by atoms with van der Waals surface area (Å²) in [5.41, 5.74) is 3.40. The van der Waals surface area contributed by atoms with E-state index in [9.17, 15) is 9.59 Å². The third-order valence-electron chi connectivity index (χ3n) is 3.69. The van der Waals surface area contributed by atoms with Gasteiger partial charge in [0.2, 0.25) is 0 Å². The lowest BCUT2D eigenvalue weighted by molar-refractivity contribution is -0.118. The van der Waals surface area contributed by atoms with Crippen LogP contribution in [-0.2, 0) is 4.79 Å². The molecule has 0 aliphatic heterocycles. The van der Waals surface area contributed by atoms with Crippen molar-refractivity contribution in [1.29, 1.82) is 0 Å². The highest BCUT2D eigenvalue weighted by atomic mass is 16.5. The fourth-order valence-corrected chi connectivity index (χ4v) is 2.14. The standard InChI is InChI=1S/C18H19NO4/c1-11-7-8-14(9-12(11)2)23-10-17(20)19-16-6-4-5-15(13(16)3)18(21)22/h4-9H,10H2,1-3H3,(H,19,20)(H,21,22). The number of anilines is 1. The molecule has 0 unspecified atom stereocenters. The molecule has 5 heteroatoms. The number of ether oxygens (including phenoxy) is 1. The first-order valence-electron chi connectivity index (χ1n) is 7.21. The number of carbonyl (C=O) groups excluding carboxylic acids is 1. The van der Waals surface area contributed by atoms with Gasteiger partial charge in [0.15, 0.2) is 6.61 Å². The van der Waals surface area contributed by atoms with Crippen LogP contribution in [0.2, 0.25) is 0 Å². The first-order valence-corrected chi connectivity index (χ1v) is 7.21. The van der Waals surface area contributed by atoms with E-state index in [4.69, 9.17) is 9.84 Å². The van der Waals surface area contributed by atoms with E-state index in [1.807, 2.05) is 32.0 Å². The van der Waals surface area contributed by atoms with Crippen molar-refractivity contribution in [3.8, 4) is 5.75 Å². The van der Waals surface area contributed by atoms with Crippen LogP contribution >= 0.6 is 0 Å². The molecule has 0 aromatic heterocycles. The van der Waals surface area contributed by atoms with E-state index >= 15 is 0 Å². The smallest absolute Gasteiger partial charge is 0.336 e. The number of amides is 1. The zero-order chi connectivity index (χ0) is 17.0. The van der Waals surface area contributed by atoms with Gasteiger partial charge in [-0.1, -0.05) is 12.1 Å². The van der Waals surface area contributed by atoms with E-state index in [0.717, 1.165) is 11.1 Å². The molecule has 2 rings (SSSR count). The summed E-state index contributed by atoms with van der Waals surface area (Å²) >= 11 is 0. The molecule has 0 saturated carbocycles. The Morgan fingerprint density at radius 1 is 1.09 bits per heavy atom. The molecule has 2 aromatic rings. The number of hydrogen-bond acceptors (Lipinski definition) is 3. The first kappa shape index (κ1) is 16.5. The zero-order valence-electron chi connectivity index (χ0n) is 13.3.